The molecule has 0 saturated carbocycles. The summed E-state index contributed by atoms with van der Waals surface area (Å²) in [6, 6.07) is 21.8. The molecule has 4 amide bonds. The molecule has 0 radical (unpaired) electrons. The monoisotopic (exact) mass is 1560 g/mol. The minimum Gasteiger partial charge on any atom is -0.480 e. The molecule has 6 rings (SSSR count). The van der Waals surface area contributed by atoms with E-state index in [9.17, 15) is 57.5 Å². The molecule has 109 heavy (non-hydrogen) atoms. The average Bonchev–Trinajstić information content (AvgIpc) is 1.49. The molecule has 1 aromatic heterocycles. The van der Waals surface area contributed by atoms with Gasteiger partial charge in [0.1, 0.15) is 66.7 Å². The Balaban J connectivity index is 0. The van der Waals surface area contributed by atoms with Crippen molar-refractivity contribution in [3.8, 4) is 5.75 Å². The first kappa shape index (κ1) is 100.0. The zero-order chi connectivity index (χ0) is 83.5. The van der Waals surface area contributed by atoms with Crippen LogP contribution in [0.3, 0.4) is 0 Å². The topological polar surface area (TPSA) is 738 Å². The Morgan fingerprint density at radius 1 is 0.569 bits per heavy atom. The third-order valence-electron chi connectivity index (χ3n) is 14.2. The van der Waals surface area contributed by atoms with Gasteiger partial charge >= 0.3 is 59.8 Å². The van der Waals surface area contributed by atoms with E-state index in [1.807, 2.05) is 56.3 Å². The van der Waals surface area contributed by atoms with E-state index in [2.05, 4.69) is 31.7 Å². The number of hydrogen-bond donors (Lipinski definition) is 22. The molecule has 5 aromatic rings. The number of halogens is 1. The summed E-state index contributed by atoms with van der Waals surface area (Å²) >= 11 is 5.66. The maximum absolute atomic E-state index is 12.0. The number of guanidine groups is 1. The first-order valence-corrected chi connectivity index (χ1v) is 34.0. The van der Waals surface area contributed by atoms with Crippen LogP contribution in [0.25, 0.3) is 10.8 Å². The van der Waals surface area contributed by atoms with Gasteiger partial charge in [0.15, 0.2) is 5.96 Å². The molecule has 0 spiro atoms. The summed E-state index contributed by atoms with van der Waals surface area (Å²) in [6.45, 7) is 7.86. The maximum Gasteiger partial charge on any atom is 0.328 e. The van der Waals surface area contributed by atoms with E-state index in [1.54, 1.807) is 67.8 Å². The van der Waals surface area contributed by atoms with Crippen molar-refractivity contribution in [1.82, 2.24) is 20.9 Å². The highest BCUT2D eigenvalue weighted by Crippen LogP contribution is 2.18. The minimum absolute atomic E-state index is 0.0129. The van der Waals surface area contributed by atoms with Crippen molar-refractivity contribution in [3.63, 3.8) is 0 Å². The van der Waals surface area contributed by atoms with E-state index in [-0.39, 0.29) is 36.5 Å². The van der Waals surface area contributed by atoms with Gasteiger partial charge in [-0.2, -0.15) is 0 Å². The number of amides is 4. The standard InChI is InChI=1S/C18H27N5O7.C15H15NO3.C9H10ClNO2.C8H10N2O2.C6H14N4O2.C6H13NO2.C5H9NO2.C3H8N2O/c19-12(2-1-7-23-18(22)28)17(27)30-11-5-3-10(4-6-11)8-13(20)16(26)29-9-14(21)15(24)25;1-10(17)16-14(15(18)19)9-11-6-7-12-4-2-3-5-13(12)8-11;10-7-3-1-6(2-4-7)5-8(11)9(12)13;9-7(8(11)12)4-6-2-1-3-10-5-6;7-4(5(11)12)2-1-3-10-6(8)9;1-4(2)3-5(7)6(8)9;7-5(8)4-2-1-3-6-4;1-2(4)3(5)6/h3-6,12-14H,1-2,7-9,19-21H2,(H,24,25)(H3,22,23,28);2-8,14H,9H2,1H3,(H,16,17)(H,18,19);1-4,8H,5,11H2,(H,12,13);1-3,5,7H,4,9H2,(H,11,12);4H,1-3,7H2,(H,11,12)(H4,8,9,10);4-5H,3,7H2,1-2H3,(H,8,9);4,6H,1-3H2,(H,7,8);2H,4H2,1H3,(H2,5,6)/t12-,13+,14+;14-;8-;7-;4-;5-;4-;2-/m10000001/s1. The maximum atomic E-state index is 12.0. The van der Waals surface area contributed by atoms with Gasteiger partial charge in [0.05, 0.1) is 6.04 Å². The molecular weight excluding hydrogens is 1450 g/mol. The molecule has 4 aromatic carbocycles. The fourth-order valence-electron chi connectivity index (χ4n) is 8.24. The number of fused-ring (bicyclic) bond motifs is 1. The number of aliphatic imine (C=N–C) groups is 1. The molecular formula is C70H106ClN17O21. The lowest BCUT2D eigenvalue weighted by atomic mass is 10.0. The van der Waals surface area contributed by atoms with Crippen molar-refractivity contribution in [3.05, 3.63) is 143 Å². The summed E-state index contributed by atoms with van der Waals surface area (Å²) < 4.78 is 9.95. The van der Waals surface area contributed by atoms with Crippen LogP contribution < -0.4 is 89.5 Å². The molecule has 1 aliphatic rings. The number of rotatable bonds is 32. The smallest absolute Gasteiger partial charge is 0.328 e. The van der Waals surface area contributed by atoms with E-state index >= 15 is 0 Å². The Bertz CT molecular complexity index is 3630. The molecule has 1 aliphatic heterocycles. The number of esters is 2. The average molecular weight is 1560 g/mol. The van der Waals surface area contributed by atoms with Gasteiger partial charge in [-0.1, -0.05) is 98.2 Å². The zero-order valence-electron chi connectivity index (χ0n) is 61.0. The van der Waals surface area contributed by atoms with Crippen molar-refractivity contribution in [2.75, 3.05) is 26.2 Å². The van der Waals surface area contributed by atoms with Crippen molar-refractivity contribution >= 4 is 99.9 Å². The fourth-order valence-corrected chi connectivity index (χ4v) is 8.37. The van der Waals surface area contributed by atoms with Gasteiger partial charge in [-0.15, -0.1) is 0 Å². The lowest BCUT2D eigenvalue weighted by Crippen LogP contribution is -2.41. The number of ether oxygens (including phenoxy) is 2. The predicted molar refractivity (Wildman–Crippen MR) is 404 cm³/mol. The van der Waals surface area contributed by atoms with E-state index in [1.165, 1.54) is 19.1 Å². The van der Waals surface area contributed by atoms with Crippen LogP contribution in [0.2, 0.25) is 5.02 Å². The number of aromatic nitrogens is 1. The van der Waals surface area contributed by atoms with Gasteiger partial charge in [0, 0.05) is 43.9 Å². The minimum atomic E-state index is -1.32. The number of urea groups is 1. The SMILES string of the molecule is CC(=O)N[C@@H](Cc1ccc2ccccc2c1)C(=O)O.CC(C)C[C@H](N)C(=O)O.C[C@@H](N)C(N)=O.NC(=O)NCCC[C@@H](N)C(=O)Oc1ccc(C[C@H](N)C(=O)OC[C@H](N)C(=O)O)cc1.NC(N)=NCCC[C@H](N)C(=O)O.N[C@@H](Cc1ccc(Cl)cc1)C(=O)O.N[C@@H](Cc1cccnc1)C(=O)O.O=C(O)[C@@H]1CCCN1. The van der Waals surface area contributed by atoms with Gasteiger partial charge in [-0.05, 0) is 147 Å². The highest BCUT2D eigenvalue weighted by Gasteiger charge is 2.23. The van der Waals surface area contributed by atoms with Crippen LogP contribution in [0.5, 0.6) is 5.75 Å². The third-order valence-corrected chi connectivity index (χ3v) is 14.4. The number of nitrogens with zero attached hydrogens (tertiary/aromatic N) is 2. The molecule has 0 aliphatic carbocycles. The molecule has 39 heteroatoms. The molecule has 34 N–H and O–H groups in total. The first-order valence-electron chi connectivity index (χ1n) is 33.6. The Morgan fingerprint density at radius 3 is 1.50 bits per heavy atom. The highest BCUT2D eigenvalue weighted by atomic mass is 35.5. The van der Waals surface area contributed by atoms with Gasteiger partial charge in [-0.3, -0.25) is 53.1 Å². The van der Waals surface area contributed by atoms with Crippen molar-refractivity contribution < 1.29 is 103 Å². The van der Waals surface area contributed by atoms with Gasteiger partial charge < -0.3 is 130 Å². The quantitative estimate of drug-likeness (QED) is 0.00810. The molecule has 1 saturated heterocycles. The molecule has 38 nitrogen and oxygen atoms in total. The zero-order valence-corrected chi connectivity index (χ0v) is 61.7. The molecule has 2 heterocycles. The van der Waals surface area contributed by atoms with E-state index in [0.29, 0.717) is 74.5 Å². The summed E-state index contributed by atoms with van der Waals surface area (Å²) in [4.78, 5) is 136. The Morgan fingerprint density at radius 2 is 1.07 bits per heavy atom. The Kier molecular flexibility index (Phi) is 51.6. The summed E-state index contributed by atoms with van der Waals surface area (Å²) in [5.74, 6) is -8.50. The predicted octanol–water partition coefficient (Wildman–Crippen LogP) is -0.967. The van der Waals surface area contributed by atoms with Crippen molar-refractivity contribution in [2.45, 2.75) is 159 Å². The lowest BCUT2D eigenvalue weighted by Gasteiger charge is -2.14. The summed E-state index contributed by atoms with van der Waals surface area (Å²) in [6.07, 6.45) is 8.36. The fraction of sp³-hybridized carbons (Fsp3) is 0.429. The van der Waals surface area contributed by atoms with Crippen molar-refractivity contribution in [2.24, 2.45) is 79.7 Å². The van der Waals surface area contributed by atoms with Crippen LogP contribution in [0, 0.1) is 5.92 Å². The lowest BCUT2D eigenvalue weighted by molar-refractivity contribution is -0.149. The third kappa shape index (κ3) is 51.0. The number of primary amides is 2. The van der Waals surface area contributed by atoms with Crippen LogP contribution in [-0.4, -0.2) is 205 Å². The second-order valence-corrected chi connectivity index (χ2v) is 24.8. The Labute approximate surface area is 634 Å². The van der Waals surface area contributed by atoms with E-state index < -0.39 is 127 Å². The molecule has 0 bridgehead atoms. The molecule has 1 fully saturated rings. The number of aliphatic carboxylic acids is 7. The van der Waals surface area contributed by atoms with Crippen molar-refractivity contribution in [1.29, 1.82) is 0 Å². The van der Waals surface area contributed by atoms with Crippen LogP contribution in [-0.2, 0) is 83.2 Å². The Hall–Kier alpha value is -11.1. The number of carbonyl (C=O) groups is 12. The summed E-state index contributed by atoms with van der Waals surface area (Å²) in [7, 11) is 0. The molecule has 0 unspecified atom stereocenters. The van der Waals surface area contributed by atoms with Crippen LogP contribution in [0.15, 0.2) is 121 Å². The molecule has 604 valence electrons. The normalized spacial score (nSPS) is 14.0. The van der Waals surface area contributed by atoms with E-state index in [0.717, 1.165) is 46.8 Å². The molecule has 10 atom stereocenters. The summed E-state index contributed by atoms with van der Waals surface area (Å²) in [5.41, 5.74) is 65.8. The van der Waals surface area contributed by atoms with Crippen LogP contribution >= 0.6 is 11.6 Å². The highest BCUT2D eigenvalue weighted by molar-refractivity contribution is 6.30. The second kappa shape index (κ2) is 56.2. The number of benzene rings is 4. The number of nitrogens with two attached hydrogens (primary N) is 12. The van der Waals surface area contributed by atoms with Crippen LogP contribution in [0.1, 0.15) is 94.9 Å². The second-order valence-electron chi connectivity index (χ2n) is 24.4. The van der Waals surface area contributed by atoms with Gasteiger partial charge in [0.2, 0.25) is 11.8 Å². The first-order chi connectivity index (χ1) is 51.0. The summed E-state index contributed by atoms with van der Waals surface area (Å²) in [5, 5.41) is 70.3. The number of pyridine rings is 1. The number of nitrogens with one attached hydrogen (secondary N) is 3. The van der Waals surface area contributed by atoms with Gasteiger partial charge in [-0.25, -0.2) is 14.4 Å². The number of carbonyl (C=O) groups excluding carboxylic acids is 5. The number of hydrogen-bond acceptors (Lipinski definition) is 25. The van der Waals surface area contributed by atoms with Gasteiger partial charge in [0.25, 0.3) is 0 Å². The van der Waals surface area contributed by atoms with Crippen LogP contribution in [0.4, 0.5) is 4.79 Å². The van der Waals surface area contributed by atoms with E-state index in [4.69, 9.17) is 120 Å². The largest absolute Gasteiger partial charge is 0.480 e. The number of carboxylic acid groups (broad SMARTS) is 7. The number of carboxylic acids is 7.